The quantitative estimate of drug-likeness (QED) is 0.578. The summed E-state index contributed by atoms with van der Waals surface area (Å²) in [5.41, 5.74) is 0.317. The Morgan fingerprint density at radius 2 is 1.94 bits per heavy atom. The maximum absolute atomic E-state index is 12.7. The molecule has 1 atom stereocenters. The van der Waals surface area contributed by atoms with Crippen molar-refractivity contribution < 1.29 is 23.7 Å². The Hall–Kier alpha value is -2.43. The summed E-state index contributed by atoms with van der Waals surface area (Å²) in [5, 5.41) is 3.37. The van der Waals surface area contributed by atoms with Crippen molar-refractivity contribution in [3.63, 3.8) is 0 Å². The molecule has 1 aromatic carbocycles. The number of aromatic nitrogens is 2. The van der Waals surface area contributed by atoms with Gasteiger partial charge in [0.15, 0.2) is 0 Å². The number of hydrogen-bond donors (Lipinski definition) is 1. The predicted molar refractivity (Wildman–Crippen MR) is 118 cm³/mol. The summed E-state index contributed by atoms with van der Waals surface area (Å²) in [4.78, 5) is 14.8. The lowest BCUT2D eigenvalue weighted by Crippen LogP contribution is -2.44. The van der Waals surface area contributed by atoms with Crippen LogP contribution in [0.1, 0.15) is 31.1 Å². The Bertz CT molecular complexity index is 831. The summed E-state index contributed by atoms with van der Waals surface area (Å²) in [7, 11) is 1.58. The molecule has 1 fully saturated rings. The molecule has 0 unspecified atom stereocenters. The first kappa shape index (κ1) is 23.2. The number of methoxy groups -OCH3 is 1. The van der Waals surface area contributed by atoms with Crippen molar-refractivity contribution >= 4 is 23.5 Å². The van der Waals surface area contributed by atoms with Crippen molar-refractivity contribution in [1.82, 2.24) is 14.1 Å². The van der Waals surface area contributed by atoms with E-state index in [1.54, 1.807) is 31.4 Å². The van der Waals surface area contributed by atoms with E-state index in [2.05, 4.69) is 39.7 Å². The molecule has 1 aliphatic rings. The zero-order valence-corrected chi connectivity index (χ0v) is 19.2. The molecule has 10 heteroatoms. The van der Waals surface area contributed by atoms with E-state index in [0.29, 0.717) is 42.8 Å². The first-order valence-corrected chi connectivity index (χ1v) is 11.0. The van der Waals surface area contributed by atoms with E-state index in [0.717, 1.165) is 24.8 Å². The molecule has 0 saturated carbocycles. The third kappa shape index (κ3) is 7.05. The van der Waals surface area contributed by atoms with Gasteiger partial charge in [-0.05, 0) is 45.0 Å². The molecule has 0 aliphatic carbocycles. The second-order valence-corrected chi connectivity index (χ2v) is 8.72. The van der Waals surface area contributed by atoms with Gasteiger partial charge < -0.3 is 29.2 Å². The molecule has 1 N–H and O–H groups in total. The van der Waals surface area contributed by atoms with E-state index < -0.39 is 12.1 Å². The van der Waals surface area contributed by atoms with Crippen LogP contribution in [-0.4, -0.2) is 72.9 Å². The minimum absolute atomic E-state index is 0.133. The lowest BCUT2D eigenvalue weighted by molar-refractivity contribution is 0.0157. The van der Waals surface area contributed by atoms with Gasteiger partial charge in [-0.25, -0.2) is 4.79 Å². The van der Waals surface area contributed by atoms with Crippen molar-refractivity contribution in [2.24, 2.45) is 0 Å². The Kier molecular flexibility index (Phi) is 8.05. The summed E-state index contributed by atoms with van der Waals surface area (Å²) >= 11 is 1.10. The molecule has 0 bridgehead atoms. The Labute approximate surface area is 187 Å². The van der Waals surface area contributed by atoms with Crippen molar-refractivity contribution in [2.75, 3.05) is 51.5 Å². The molecular weight excluding hydrogens is 420 g/mol. The van der Waals surface area contributed by atoms with Gasteiger partial charge in [0.1, 0.15) is 18.5 Å². The van der Waals surface area contributed by atoms with Crippen LogP contribution in [0.2, 0.25) is 0 Å². The van der Waals surface area contributed by atoms with Crippen molar-refractivity contribution in [2.45, 2.75) is 32.4 Å². The molecule has 9 nitrogen and oxygen atoms in total. The van der Waals surface area contributed by atoms with Crippen LogP contribution in [0, 0.1) is 0 Å². The number of nitrogens with one attached hydrogen (secondary N) is 1. The van der Waals surface area contributed by atoms with E-state index in [1.165, 1.54) is 0 Å². The molecule has 1 aliphatic heterocycles. The van der Waals surface area contributed by atoms with Crippen LogP contribution in [0.25, 0.3) is 0 Å². The van der Waals surface area contributed by atoms with Crippen molar-refractivity contribution in [3.05, 3.63) is 29.8 Å². The fraction of sp³-hybridized carbons (Fsp3) is 0.571. The smallest absolute Gasteiger partial charge is 0.338 e. The number of rotatable bonds is 9. The molecule has 1 saturated heterocycles. The van der Waals surface area contributed by atoms with Gasteiger partial charge in [-0.2, -0.15) is 4.37 Å². The van der Waals surface area contributed by atoms with E-state index in [-0.39, 0.29) is 12.1 Å². The number of hydrogen-bond acceptors (Lipinski definition) is 10. The minimum Gasteiger partial charge on any atom is -0.497 e. The highest BCUT2D eigenvalue weighted by Gasteiger charge is 2.24. The molecular formula is C21H30N4O5S. The molecule has 170 valence electrons. The number of carbonyl (C=O) groups excluding carboxylic acids is 1. The van der Waals surface area contributed by atoms with E-state index in [1.807, 2.05) is 0 Å². The summed E-state index contributed by atoms with van der Waals surface area (Å²) in [6.07, 6.45) is -0.506. The van der Waals surface area contributed by atoms with Crippen LogP contribution in [-0.2, 0) is 9.47 Å². The largest absolute Gasteiger partial charge is 0.497 e. The molecule has 3 rings (SSSR count). The maximum atomic E-state index is 12.7. The lowest BCUT2D eigenvalue weighted by Gasteiger charge is -2.27. The predicted octanol–water partition coefficient (Wildman–Crippen LogP) is 2.38. The average Bonchev–Trinajstić information content (AvgIpc) is 3.24. The van der Waals surface area contributed by atoms with Gasteiger partial charge in [0.05, 0.1) is 37.6 Å². The van der Waals surface area contributed by atoms with Gasteiger partial charge in [0.2, 0.25) is 5.82 Å². The second kappa shape index (κ2) is 10.7. The summed E-state index contributed by atoms with van der Waals surface area (Å²) in [6.45, 7) is 9.53. The Morgan fingerprint density at radius 1 is 1.23 bits per heavy atom. The van der Waals surface area contributed by atoms with Crippen LogP contribution in [0.3, 0.4) is 0 Å². The molecule has 0 radical (unpaired) electrons. The second-order valence-electron chi connectivity index (χ2n) is 8.19. The number of morpholine rings is 1. The Balaban J connectivity index is 1.64. The highest BCUT2D eigenvalue weighted by Crippen LogP contribution is 2.26. The van der Waals surface area contributed by atoms with Crippen molar-refractivity contribution in [3.8, 4) is 11.6 Å². The monoisotopic (exact) mass is 450 g/mol. The molecule has 0 spiro atoms. The number of nitrogens with zero attached hydrogens (tertiary/aromatic N) is 3. The van der Waals surface area contributed by atoms with Crippen LogP contribution < -0.4 is 19.7 Å². The first-order chi connectivity index (χ1) is 14.9. The third-order valence-electron chi connectivity index (χ3n) is 4.62. The lowest BCUT2D eigenvalue weighted by atomic mass is 10.1. The molecule has 1 aromatic heterocycles. The van der Waals surface area contributed by atoms with Gasteiger partial charge in [0.25, 0.3) is 5.88 Å². The average molecular weight is 451 g/mol. The van der Waals surface area contributed by atoms with Crippen LogP contribution in [0.5, 0.6) is 11.6 Å². The van der Waals surface area contributed by atoms with Gasteiger partial charge in [-0.1, -0.05) is 0 Å². The van der Waals surface area contributed by atoms with Gasteiger partial charge in [0, 0.05) is 25.2 Å². The normalized spacial score (nSPS) is 15.4. The summed E-state index contributed by atoms with van der Waals surface area (Å²) in [5.74, 6) is 1.42. The third-order valence-corrected chi connectivity index (χ3v) is 5.12. The van der Waals surface area contributed by atoms with Crippen LogP contribution >= 0.6 is 11.7 Å². The number of benzene rings is 1. The van der Waals surface area contributed by atoms with Crippen molar-refractivity contribution in [1.29, 1.82) is 0 Å². The number of carbonyl (C=O) groups is 1. The van der Waals surface area contributed by atoms with E-state index >= 15 is 0 Å². The molecule has 2 aromatic rings. The summed E-state index contributed by atoms with van der Waals surface area (Å²) < 4.78 is 30.9. The molecule has 2 heterocycles. The number of esters is 1. The standard InChI is InChI=1S/C21H30N4O5S/c1-21(2,3)22-13-17(30-20(26)15-5-7-16(27-4)8-6-15)14-29-19-18(23-31-24-19)25-9-11-28-12-10-25/h5-8,17,22H,9-14H2,1-4H3/t17-/m0/s1. The highest BCUT2D eigenvalue weighted by molar-refractivity contribution is 6.99. The maximum Gasteiger partial charge on any atom is 0.338 e. The zero-order chi connectivity index (χ0) is 22.3. The number of ether oxygens (including phenoxy) is 4. The van der Waals surface area contributed by atoms with Crippen LogP contribution in [0.15, 0.2) is 24.3 Å². The fourth-order valence-corrected chi connectivity index (χ4v) is 3.43. The molecule has 31 heavy (non-hydrogen) atoms. The highest BCUT2D eigenvalue weighted by atomic mass is 32.1. The van der Waals surface area contributed by atoms with Gasteiger partial charge >= 0.3 is 5.97 Å². The van der Waals surface area contributed by atoms with Gasteiger partial charge in [-0.3, -0.25) is 0 Å². The van der Waals surface area contributed by atoms with E-state index in [4.69, 9.17) is 18.9 Å². The van der Waals surface area contributed by atoms with E-state index in [9.17, 15) is 4.79 Å². The number of anilines is 1. The van der Waals surface area contributed by atoms with Gasteiger partial charge in [-0.15, -0.1) is 4.37 Å². The first-order valence-electron chi connectivity index (χ1n) is 10.2. The summed E-state index contributed by atoms with van der Waals surface area (Å²) in [6, 6.07) is 6.81. The zero-order valence-electron chi connectivity index (χ0n) is 18.4. The fourth-order valence-electron chi connectivity index (χ4n) is 2.91. The Morgan fingerprint density at radius 3 is 2.58 bits per heavy atom. The minimum atomic E-state index is -0.506. The van der Waals surface area contributed by atoms with Crippen LogP contribution in [0.4, 0.5) is 5.82 Å². The molecule has 0 amide bonds. The SMILES string of the molecule is COc1ccc(C(=O)O[C@@H](CNC(C)(C)C)COc2nsnc2N2CCOCC2)cc1. The topological polar surface area (TPSA) is 95.0 Å².